The molecule has 0 aromatic carbocycles. The van der Waals surface area contributed by atoms with Crippen molar-refractivity contribution in [3.05, 3.63) is 0 Å². The fraction of sp³-hybridized carbons (Fsp3) is 0.938. The molecule has 0 aromatic rings. The predicted octanol–water partition coefficient (Wildman–Crippen LogP) is 2.21. The molecule has 2 aliphatic heterocycles. The SMILES string of the molecule is O=C(CC1CC2CCC(C1)N2)NC(C1CC1)C1CC1. The zero-order valence-electron chi connectivity index (χ0n) is 11.7. The van der Waals surface area contributed by atoms with Gasteiger partial charge in [0, 0.05) is 24.5 Å². The number of hydrogen-bond acceptors (Lipinski definition) is 2. The number of hydrogen-bond donors (Lipinski definition) is 2. The molecule has 2 aliphatic carbocycles. The fourth-order valence-electron chi connectivity index (χ4n) is 4.38. The van der Waals surface area contributed by atoms with E-state index in [2.05, 4.69) is 10.6 Å². The van der Waals surface area contributed by atoms with Crippen LogP contribution in [0.4, 0.5) is 0 Å². The van der Waals surface area contributed by atoms with Crippen LogP contribution in [0.15, 0.2) is 0 Å². The van der Waals surface area contributed by atoms with Crippen molar-refractivity contribution >= 4 is 5.91 Å². The summed E-state index contributed by atoms with van der Waals surface area (Å²) in [6, 6.07) is 1.95. The van der Waals surface area contributed by atoms with Crippen LogP contribution < -0.4 is 10.6 Å². The molecule has 2 atom stereocenters. The molecule has 2 heterocycles. The number of nitrogens with one attached hydrogen (secondary N) is 2. The highest BCUT2D eigenvalue weighted by Crippen LogP contribution is 2.44. The maximum atomic E-state index is 12.3. The van der Waals surface area contributed by atoms with E-state index < -0.39 is 0 Å². The first-order valence-electron chi connectivity index (χ1n) is 8.33. The summed E-state index contributed by atoms with van der Waals surface area (Å²) in [6.45, 7) is 0. The van der Waals surface area contributed by atoms with E-state index in [9.17, 15) is 4.79 Å². The molecule has 1 amide bonds. The van der Waals surface area contributed by atoms with Gasteiger partial charge < -0.3 is 10.6 Å². The summed E-state index contributed by atoms with van der Waals surface area (Å²) in [5, 5.41) is 7.04. The van der Waals surface area contributed by atoms with E-state index in [1.807, 2.05) is 0 Å². The molecule has 4 aliphatic rings. The van der Waals surface area contributed by atoms with E-state index >= 15 is 0 Å². The third kappa shape index (κ3) is 2.81. The normalized spacial score (nSPS) is 37.6. The number of piperidine rings is 1. The Morgan fingerprint density at radius 2 is 1.58 bits per heavy atom. The number of carbonyl (C=O) groups excluding carboxylic acids is 1. The van der Waals surface area contributed by atoms with Gasteiger partial charge in [0.05, 0.1) is 0 Å². The number of rotatable bonds is 5. The van der Waals surface area contributed by atoms with Crippen LogP contribution in [0.25, 0.3) is 0 Å². The summed E-state index contributed by atoms with van der Waals surface area (Å²) in [5.74, 6) is 2.62. The van der Waals surface area contributed by atoms with Crippen LogP contribution in [0, 0.1) is 17.8 Å². The van der Waals surface area contributed by atoms with Gasteiger partial charge in [-0.15, -0.1) is 0 Å². The first-order valence-corrected chi connectivity index (χ1v) is 8.33. The van der Waals surface area contributed by atoms with Crippen molar-refractivity contribution in [1.82, 2.24) is 10.6 Å². The predicted molar refractivity (Wildman–Crippen MR) is 74.7 cm³/mol. The summed E-state index contributed by atoms with van der Waals surface area (Å²) in [7, 11) is 0. The van der Waals surface area contributed by atoms with Gasteiger partial charge >= 0.3 is 0 Å². The Balaban J connectivity index is 1.28. The van der Waals surface area contributed by atoms with Crippen molar-refractivity contribution in [2.75, 3.05) is 0 Å². The molecule has 4 fully saturated rings. The molecule has 2 N–H and O–H groups in total. The van der Waals surface area contributed by atoms with Crippen LogP contribution in [0.2, 0.25) is 0 Å². The van der Waals surface area contributed by atoms with Crippen molar-refractivity contribution < 1.29 is 4.79 Å². The van der Waals surface area contributed by atoms with Gasteiger partial charge in [0.15, 0.2) is 0 Å². The molecule has 19 heavy (non-hydrogen) atoms. The first-order chi connectivity index (χ1) is 9.28. The molecule has 106 valence electrons. The van der Waals surface area contributed by atoms with Gasteiger partial charge in [-0.3, -0.25) is 4.79 Å². The van der Waals surface area contributed by atoms with Crippen molar-refractivity contribution in [3.63, 3.8) is 0 Å². The number of fused-ring (bicyclic) bond motifs is 2. The lowest BCUT2D eigenvalue weighted by atomic mass is 9.89. The second-order valence-corrected chi connectivity index (χ2v) is 7.45. The van der Waals surface area contributed by atoms with Gasteiger partial charge in [-0.2, -0.15) is 0 Å². The molecule has 4 rings (SSSR count). The molecule has 3 heteroatoms. The van der Waals surface area contributed by atoms with Crippen molar-refractivity contribution in [3.8, 4) is 0 Å². The highest BCUT2D eigenvalue weighted by molar-refractivity contribution is 5.76. The lowest BCUT2D eigenvalue weighted by Crippen LogP contribution is -2.42. The second kappa shape index (κ2) is 4.76. The minimum atomic E-state index is 0.343. The van der Waals surface area contributed by atoms with E-state index in [0.717, 1.165) is 18.3 Å². The Hall–Kier alpha value is -0.570. The molecule has 3 nitrogen and oxygen atoms in total. The van der Waals surface area contributed by atoms with E-state index in [0.29, 0.717) is 30.0 Å². The zero-order chi connectivity index (χ0) is 12.8. The molecule has 2 saturated heterocycles. The maximum Gasteiger partial charge on any atom is 0.220 e. The van der Waals surface area contributed by atoms with E-state index in [1.54, 1.807) is 0 Å². The third-order valence-electron chi connectivity index (χ3n) is 5.63. The largest absolute Gasteiger partial charge is 0.353 e. The van der Waals surface area contributed by atoms with Gasteiger partial charge in [-0.1, -0.05) is 0 Å². The summed E-state index contributed by atoms with van der Waals surface area (Å²) in [6.07, 6.45) is 11.3. The average molecular weight is 262 g/mol. The monoisotopic (exact) mass is 262 g/mol. The van der Waals surface area contributed by atoms with Crippen LogP contribution in [0.5, 0.6) is 0 Å². The Bertz CT molecular complexity index is 338. The number of carbonyl (C=O) groups is 1. The smallest absolute Gasteiger partial charge is 0.220 e. The molecule has 0 radical (unpaired) electrons. The molecule has 2 unspecified atom stereocenters. The Labute approximate surface area is 115 Å². The van der Waals surface area contributed by atoms with Crippen molar-refractivity contribution in [1.29, 1.82) is 0 Å². The summed E-state index contributed by atoms with van der Waals surface area (Å²) in [4.78, 5) is 12.3. The van der Waals surface area contributed by atoms with Crippen molar-refractivity contribution in [2.24, 2.45) is 17.8 Å². The summed E-state index contributed by atoms with van der Waals surface area (Å²) >= 11 is 0. The number of amides is 1. The highest BCUT2D eigenvalue weighted by Gasteiger charge is 2.42. The summed E-state index contributed by atoms with van der Waals surface area (Å²) in [5.41, 5.74) is 0. The molecule has 2 bridgehead atoms. The van der Waals surface area contributed by atoms with Crippen LogP contribution >= 0.6 is 0 Å². The standard InChI is InChI=1S/C16H26N2O/c19-15(18-16(11-1-2-11)12-3-4-12)9-10-7-13-5-6-14(8-10)17-13/h10-14,16-17H,1-9H2,(H,18,19). The molecular weight excluding hydrogens is 236 g/mol. The van der Waals surface area contributed by atoms with E-state index in [-0.39, 0.29) is 0 Å². The molecule has 0 spiro atoms. The maximum absolute atomic E-state index is 12.3. The lowest BCUT2D eigenvalue weighted by Gasteiger charge is -2.29. The van der Waals surface area contributed by atoms with E-state index in [1.165, 1.54) is 51.4 Å². The highest BCUT2D eigenvalue weighted by atomic mass is 16.1. The fourth-order valence-corrected chi connectivity index (χ4v) is 4.38. The molecule has 2 saturated carbocycles. The minimum Gasteiger partial charge on any atom is -0.353 e. The van der Waals surface area contributed by atoms with E-state index in [4.69, 9.17) is 0 Å². The van der Waals surface area contributed by atoms with Crippen LogP contribution in [-0.4, -0.2) is 24.0 Å². The first kappa shape index (κ1) is 12.2. The van der Waals surface area contributed by atoms with Gasteiger partial charge in [0.2, 0.25) is 5.91 Å². The van der Waals surface area contributed by atoms with Gasteiger partial charge in [-0.05, 0) is 69.1 Å². The topological polar surface area (TPSA) is 41.1 Å². The Kier molecular flexibility index (Phi) is 3.06. The van der Waals surface area contributed by atoms with Gasteiger partial charge in [0.25, 0.3) is 0 Å². The quantitative estimate of drug-likeness (QED) is 0.797. The Morgan fingerprint density at radius 3 is 2.11 bits per heavy atom. The third-order valence-corrected chi connectivity index (χ3v) is 5.63. The average Bonchev–Trinajstić information content (AvgIpc) is 3.25. The van der Waals surface area contributed by atoms with Crippen molar-refractivity contribution in [2.45, 2.75) is 75.9 Å². The zero-order valence-corrected chi connectivity index (χ0v) is 11.7. The van der Waals surface area contributed by atoms with Crippen LogP contribution in [-0.2, 0) is 4.79 Å². The van der Waals surface area contributed by atoms with Gasteiger partial charge in [-0.25, -0.2) is 0 Å². The van der Waals surface area contributed by atoms with Crippen LogP contribution in [0.1, 0.15) is 57.8 Å². The van der Waals surface area contributed by atoms with Gasteiger partial charge in [0.1, 0.15) is 0 Å². The molecular formula is C16H26N2O. The second-order valence-electron chi connectivity index (χ2n) is 7.45. The molecule has 0 aromatic heterocycles. The Morgan fingerprint density at radius 1 is 1.00 bits per heavy atom. The van der Waals surface area contributed by atoms with Crippen LogP contribution in [0.3, 0.4) is 0 Å². The summed E-state index contributed by atoms with van der Waals surface area (Å²) < 4.78 is 0. The minimum absolute atomic E-state index is 0.343. The lowest BCUT2D eigenvalue weighted by molar-refractivity contribution is -0.123.